The lowest BCUT2D eigenvalue weighted by Crippen LogP contribution is -2.56. The molecule has 3 rings (SSSR count). The molecule has 1 N–H and O–H groups in total. The van der Waals surface area contributed by atoms with Crippen molar-refractivity contribution in [3.8, 4) is 0 Å². The molecule has 2 unspecified atom stereocenters. The van der Waals surface area contributed by atoms with Crippen LogP contribution in [0.1, 0.15) is 52.4 Å². The van der Waals surface area contributed by atoms with E-state index in [9.17, 15) is 0 Å². The minimum atomic E-state index is 0.714. The van der Waals surface area contributed by atoms with Crippen molar-refractivity contribution in [3.05, 3.63) is 12.4 Å². The van der Waals surface area contributed by atoms with Crippen molar-refractivity contribution in [2.75, 3.05) is 11.4 Å². The van der Waals surface area contributed by atoms with E-state index in [0.29, 0.717) is 12.1 Å². The molecular weight excluding hydrogens is 248 g/mol. The molecule has 0 radical (unpaired) electrons. The van der Waals surface area contributed by atoms with Gasteiger partial charge in [0.25, 0.3) is 0 Å². The first kappa shape index (κ1) is 13.9. The van der Waals surface area contributed by atoms with Crippen molar-refractivity contribution in [2.45, 2.75) is 77.0 Å². The van der Waals surface area contributed by atoms with E-state index in [1.807, 2.05) is 4.68 Å². The molecule has 1 aromatic heterocycles. The van der Waals surface area contributed by atoms with Gasteiger partial charge < -0.3 is 10.2 Å². The smallest absolute Gasteiger partial charge is 0.0757 e. The zero-order chi connectivity index (χ0) is 13.9. The number of fused-ring (bicyclic) bond motifs is 2. The second kappa shape index (κ2) is 6.17. The molecule has 20 heavy (non-hydrogen) atoms. The fraction of sp³-hybridized carbons (Fsp3) is 0.812. The number of hydrogen-bond donors (Lipinski definition) is 1. The van der Waals surface area contributed by atoms with Gasteiger partial charge in [-0.25, -0.2) is 0 Å². The number of hydrogen-bond acceptors (Lipinski definition) is 3. The summed E-state index contributed by atoms with van der Waals surface area (Å²) in [5.41, 5.74) is 1.34. The molecule has 2 atom stereocenters. The normalized spacial score (nSPS) is 29.7. The molecule has 2 saturated heterocycles. The van der Waals surface area contributed by atoms with Crippen molar-refractivity contribution in [3.63, 3.8) is 0 Å². The first-order valence-electron chi connectivity index (χ1n) is 8.36. The molecular formula is C16H28N4. The van der Waals surface area contributed by atoms with Gasteiger partial charge in [-0.05, 0) is 52.0 Å². The highest BCUT2D eigenvalue weighted by Gasteiger charge is 2.38. The molecule has 112 valence electrons. The van der Waals surface area contributed by atoms with E-state index >= 15 is 0 Å². The predicted octanol–water partition coefficient (Wildman–Crippen LogP) is 2.79. The molecule has 3 heterocycles. The van der Waals surface area contributed by atoms with Crippen LogP contribution in [0.25, 0.3) is 0 Å². The third-order valence-corrected chi connectivity index (χ3v) is 4.90. The number of piperidine rings is 2. The third-order valence-electron chi connectivity index (χ3n) is 4.90. The first-order valence-corrected chi connectivity index (χ1v) is 8.36. The Kier molecular flexibility index (Phi) is 4.29. The number of rotatable bonds is 5. The molecule has 0 aliphatic carbocycles. The number of aryl methyl sites for hydroxylation is 1. The average Bonchev–Trinajstić information content (AvgIpc) is 2.92. The molecule has 4 nitrogen and oxygen atoms in total. The maximum absolute atomic E-state index is 4.47. The number of nitrogens with one attached hydrogen (secondary N) is 1. The summed E-state index contributed by atoms with van der Waals surface area (Å²) in [6.45, 7) is 6.53. The summed E-state index contributed by atoms with van der Waals surface area (Å²) in [6.07, 6.45) is 12.2. The van der Waals surface area contributed by atoms with Gasteiger partial charge in [-0.3, -0.25) is 4.68 Å². The molecule has 0 spiro atoms. The van der Waals surface area contributed by atoms with Gasteiger partial charge in [0, 0.05) is 30.9 Å². The Hall–Kier alpha value is -1.03. The fourth-order valence-electron chi connectivity index (χ4n) is 3.98. The van der Waals surface area contributed by atoms with Gasteiger partial charge in [0.1, 0.15) is 0 Å². The zero-order valence-electron chi connectivity index (χ0n) is 12.9. The van der Waals surface area contributed by atoms with Crippen LogP contribution in [0.5, 0.6) is 0 Å². The van der Waals surface area contributed by atoms with E-state index in [-0.39, 0.29) is 0 Å². The number of aromatic nitrogens is 2. The van der Waals surface area contributed by atoms with Gasteiger partial charge in [0.05, 0.1) is 11.9 Å². The Labute approximate surface area is 122 Å². The maximum atomic E-state index is 4.47. The molecule has 0 aromatic carbocycles. The van der Waals surface area contributed by atoms with Gasteiger partial charge in [0.15, 0.2) is 0 Å². The molecule has 2 aliphatic rings. The summed E-state index contributed by atoms with van der Waals surface area (Å²) in [5.74, 6) is 0. The number of nitrogens with zero attached hydrogens (tertiary/aromatic N) is 3. The van der Waals surface area contributed by atoms with Crippen molar-refractivity contribution in [1.29, 1.82) is 0 Å². The standard InChI is InChI=1S/C16H28N4/c1-3-8-17-13-9-14-6-5-7-15(10-13)20(14)16-11-18-19(4-2)12-16/h11-15,17H,3-10H2,1-2H3. The Morgan fingerprint density at radius 3 is 2.60 bits per heavy atom. The summed E-state index contributed by atoms with van der Waals surface area (Å²) in [6, 6.07) is 2.15. The SMILES string of the molecule is CCCNC1CC2CCCC(C1)N2c1cnn(CC)c1. The van der Waals surface area contributed by atoms with Crippen LogP contribution in [0, 0.1) is 0 Å². The highest BCUT2D eigenvalue weighted by atomic mass is 15.3. The first-order chi connectivity index (χ1) is 9.81. The van der Waals surface area contributed by atoms with E-state index in [0.717, 1.165) is 19.1 Å². The average molecular weight is 276 g/mol. The molecule has 0 amide bonds. The highest BCUT2D eigenvalue weighted by molar-refractivity contribution is 5.46. The van der Waals surface area contributed by atoms with E-state index in [1.165, 1.54) is 44.2 Å². The molecule has 1 aromatic rings. The van der Waals surface area contributed by atoms with Crippen LogP contribution < -0.4 is 10.2 Å². The minimum Gasteiger partial charge on any atom is -0.363 e. The summed E-state index contributed by atoms with van der Waals surface area (Å²) in [4.78, 5) is 2.67. The second-order valence-electron chi connectivity index (χ2n) is 6.32. The topological polar surface area (TPSA) is 33.1 Å². The highest BCUT2D eigenvalue weighted by Crippen LogP contribution is 2.37. The van der Waals surface area contributed by atoms with E-state index in [4.69, 9.17) is 0 Å². The van der Waals surface area contributed by atoms with Gasteiger partial charge in [-0.1, -0.05) is 6.92 Å². The van der Waals surface area contributed by atoms with Crippen LogP contribution in [0.15, 0.2) is 12.4 Å². The summed E-state index contributed by atoms with van der Waals surface area (Å²) < 4.78 is 2.05. The fourth-order valence-corrected chi connectivity index (χ4v) is 3.98. The van der Waals surface area contributed by atoms with Crippen LogP contribution in [-0.4, -0.2) is 34.5 Å². The van der Waals surface area contributed by atoms with Gasteiger partial charge in [-0.15, -0.1) is 0 Å². The summed E-state index contributed by atoms with van der Waals surface area (Å²) in [5, 5.41) is 8.21. The molecule has 2 bridgehead atoms. The van der Waals surface area contributed by atoms with Gasteiger partial charge >= 0.3 is 0 Å². The van der Waals surface area contributed by atoms with Crippen LogP contribution in [0.3, 0.4) is 0 Å². The van der Waals surface area contributed by atoms with Crippen molar-refractivity contribution >= 4 is 5.69 Å². The maximum Gasteiger partial charge on any atom is 0.0757 e. The van der Waals surface area contributed by atoms with Gasteiger partial charge in [0.2, 0.25) is 0 Å². The Morgan fingerprint density at radius 2 is 2.00 bits per heavy atom. The minimum absolute atomic E-state index is 0.714. The lowest BCUT2D eigenvalue weighted by atomic mass is 9.81. The molecule has 4 heteroatoms. The molecule has 2 fully saturated rings. The second-order valence-corrected chi connectivity index (χ2v) is 6.32. The summed E-state index contributed by atoms with van der Waals surface area (Å²) in [7, 11) is 0. The number of anilines is 1. The monoisotopic (exact) mass is 276 g/mol. The Morgan fingerprint density at radius 1 is 1.25 bits per heavy atom. The molecule has 0 saturated carbocycles. The molecule has 2 aliphatic heterocycles. The van der Waals surface area contributed by atoms with Crippen LogP contribution in [0.4, 0.5) is 5.69 Å². The van der Waals surface area contributed by atoms with E-state index < -0.39 is 0 Å². The van der Waals surface area contributed by atoms with Crippen molar-refractivity contribution in [2.24, 2.45) is 0 Å². The van der Waals surface area contributed by atoms with Crippen LogP contribution in [0.2, 0.25) is 0 Å². The van der Waals surface area contributed by atoms with Crippen LogP contribution >= 0.6 is 0 Å². The largest absolute Gasteiger partial charge is 0.363 e. The Balaban J connectivity index is 1.72. The lowest BCUT2D eigenvalue weighted by molar-refractivity contribution is 0.246. The third kappa shape index (κ3) is 2.71. The van der Waals surface area contributed by atoms with Crippen LogP contribution in [-0.2, 0) is 6.54 Å². The van der Waals surface area contributed by atoms with E-state index in [2.05, 4.69) is 41.6 Å². The van der Waals surface area contributed by atoms with Gasteiger partial charge in [-0.2, -0.15) is 5.10 Å². The Bertz CT molecular complexity index is 414. The lowest BCUT2D eigenvalue weighted by Gasteiger charge is -2.50. The predicted molar refractivity (Wildman–Crippen MR) is 83.1 cm³/mol. The zero-order valence-corrected chi connectivity index (χ0v) is 12.9. The van der Waals surface area contributed by atoms with E-state index in [1.54, 1.807) is 0 Å². The quantitative estimate of drug-likeness (QED) is 0.897. The van der Waals surface area contributed by atoms with Crippen molar-refractivity contribution < 1.29 is 0 Å². The van der Waals surface area contributed by atoms with Crippen molar-refractivity contribution in [1.82, 2.24) is 15.1 Å². The summed E-state index contributed by atoms with van der Waals surface area (Å²) >= 11 is 0.